The number of aliphatic carboxylic acids is 2. The standard InChI is InChI=1S/C27H24ClF2N5O5.C26H24ClN5O5.C25H22ClN5O5/c1-16(17(2)36)14-35-26(37)33-25(34(27(35)38)15-18-3-5-19(28)6-4-18)32-20-7-9-21(10-8-20)39-23-12-11-22(13-31-23)40-24(29)30;1-16-3-5-18(6-4-16)15-31-24(30-25(35)32(26(31)36)14-17(2)23(33)34)29-20-8-10-21(11-9-20)37-22-12-7-19(27)13-28-22;1-16(22(32)33)14-31-24(34)29-23(30(25(31)35)15-17-5-7-18(26)8-6-17)28-19-9-11-20(12-10-19)36-21-4-2-3-13-27-21/h3-13,16,24H,14-15H2,1-2H3,(H,32,33,37);3-13,17H,14-15H2,1-2H3,(H,33,34)(H,29,30,35);2-13,16H,14-15H2,1H3,(H,32,33)(H,28,29,34)/t16-;17-;16-/m000/s1. The summed E-state index contributed by atoms with van der Waals surface area (Å²) in [5.41, 5.74) is 0.490. The molecule has 30 nitrogen and oxygen atoms in total. The van der Waals surface area contributed by atoms with Crippen molar-refractivity contribution in [1.82, 2.24) is 57.3 Å². The van der Waals surface area contributed by atoms with E-state index in [9.17, 15) is 62.1 Å². The molecule has 0 aliphatic heterocycles. The van der Waals surface area contributed by atoms with Crippen molar-refractivity contribution in [1.29, 1.82) is 0 Å². The fourth-order valence-corrected chi connectivity index (χ4v) is 10.7. The van der Waals surface area contributed by atoms with Gasteiger partial charge in [0.1, 0.15) is 28.8 Å². The van der Waals surface area contributed by atoms with Crippen LogP contribution in [0.4, 0.5) is 43.7 Å². The van der Waals surface area contributed by atoms with Gasteiger partial charge in [-0.3, -0.25) is 28.1 Å². The van der Waals surface area contributed by atoms with Crippen molar-refractivity contribution >= 4 is 87.4 Å². The average Bonchev–Trinajstić information content (AvgIpc) is 0.800. The summed E-state index contributed by atoms with van der Waals surface area (Å²) in [7, 11) is 0. The summed E-state index contributed by atoms with van der Waals surface area (Å²) in [6.45, 7) is 4.45. The number of hydrogen-bond acceptors (Lipinski definition) is 22. The van der Waals surface area contributed by atoms with Crippen molar-refractivity contribution in [2.75, 3.05) is 16.0 Å². The number of rotatable bonds is 29. The maximum absolute atomic E-state index is 13.4. The van der Waals surface area contributed by atoms with E-state index in [2.05, 4.69) is 50.6 Å². The number of aryl methyl sites for hydroxylation is 1. The molecule has 6 aromatic heterocycles. The van der Waals surface area contributed by atoms with Gasteiger partial charge in [0.2, 0.25) is 35.5 Å². The summed E-state index contributed by atoms with van der Waals surface area (Å²) in [5, 5.41) is 29.1. The molecular weight excluding hydrogens is 1530 g/mol. The molecule has 0 aliphatic rings. The van der Waals surface area contributed by atoms with Gasteiger partial charge in [0.25, 0.3) is 0 Å². The van der Waals surface area contributed by atoms with Gasteiger partial charge in [0.05, 0.1) is 42.7 Å². The molecule has 0 saturated heterocycles. The number of ketones is 1. The molecule has 3 atom stereocenters. The molecule has 12 aromatic rings. The second-order valence-electron chi connectivity index (χ2n) is 25.3. The van der Waals surface area contributed by atoms with Gasteiger partial charge in [-0.15, -0.1) is 0 Å². The predicted molar refractivity (Wildman–Crippen MR) is 417 cm³/mol. The Labute approximate surface area is 655 Å². The Morgan fingerprint density at radius 2 is 0.752 bits per heavy atom. The Morgan fingerprint density at radius 1 is 0.416 bits per heavy atom. The van der Waals surface area contributed by atoms with E-state index >= 15 is 0 Å². The van der Waals surface area contributed by atoms with Gasteiger partial charge in [0.15, 0.2) is 0 Å². The minimum absolute atomic E-state index is 0.00151. The van der Waals surface area contributed by atoms with Crippen molar-refractivity contribution in [2.24, 2.45) is 17.8 Å². The second kappa shape index (κ2) is 38.3. The number of hydrogen-bond donors (Lipinski definition) is 5. The zero-order valence-corrected chi connectivity index (χ0v) is 62.9. The molecule has 0 unspecified atom stereocenters. The molecule has 113 heavy (non-hydrogen) atoms. The minimum Gasteiger partial charge on any atom is -0.481 e. The zero-order chi connectivity index (χ0) is 81.0. The number of carboxylic acid groups (broad SMARTS) is 2. The van der Waals surface area contributed by atoms with Crippen LogP contribution in [-0.2, 0) is 53.7 Å². The lowest BCUT2D eigenvalue weighted by Gasteiger charge is -2.17. The number of ether oxygens (including phenoxy) is 4. The van der Waals surface area contributed by atoms with Crippen LogP contribution in [0.25, 0.3) is 0 Å². The Morgan fingerprint density at radius 3 is 1.07 bits per heavy atom. The predicted octanol–water partition coefficient (Wildman–Crippen LogP) is 12.7. The highest BCUT2D eigenvalue weighted by molar-refractivity contribution is 6.31. The topological polar surface area (TPSA) is 374 Å². The SMILES string of the molecule is CC(=O)[C@@H](C)Cn1c(=O)nc(Nc2ccc(Oc3ccc(OC(F)F)cn3)cc2)n(Cc2ccc(Cl)cc2)c1=O.C[C@@H](Cn1c(=O)nc(Nc2ccc(Oc3ccccn3)cc2)n(Cc2ccc(Cl)cc2)c1=O)C(=O)O.Cc1ccc(Cn2c(Nc3ccc(Oc4ccc(Cl)cn4)cc3)nc(=O)n(C[C@H](C)C(=O)O)c2=O)cc1. The summed E-state index contributed by atoms with van der Waals surface area (Å²) in [6, 6.07) is 52.7. The molecular formula is C78H70Cl3F2N15O15. The number of carbonyl (C=O) groups is 3. The lowest BCUT2D eigenvalue weighted by Crippen LogP contribution is -2.44. The highest BCUT2D eigenvalue weighted by Gasteiger charge is 2.23. The van der Waals surface area contributed by atoms with E-state index in [0.717, 1.165) is 42.2 Å². The maximum Gasteiger partial charge on any atom is 0.387 e. The molecule has 0 radical (unpaired) electrons. The Balaban J connectivity index is 0.000000180. The van der Waals surface area contributed by atoms with Crippen molar-refractivity contribution in [3.05, 3.63) is 307 Å². The number of Topliss-reactive ketones (excluding diaryl/α,β-unsaturated/α-hetero) is 1. The molecule has 0 fully saturated rings. The van der Waals surface area contributed by atoms with E-state index in [1.54, 1.807) is 159 Å². The van der Waals surface area contributed by atoms with Crippen molar-refractivity contribution in [3.8, 4) is 40.6 Å². The zero-order valence-electron chi connectivity index (χ0n) is 60.6. The third-order valence-corrected chi connectivity index (χ3v) is 17.3. The summed E-state index contributed by atoms with van der Waals surface area (Å²) in [6.07, 6.45) is 4.21. The third-order valence-electron chi connectivity index (χ3n) is 16.6. The molecule has 0 amide bonds. The molecule has 12 rings (SSSR count). The number of benzene rings is 6. The van der Waals surface area contributed by atoms with Crippen molar-refractivity contribution in [3.63, 3.8) is 0 Å². The lowest BCUT2D eigenvalue weighted by molar-refractivity contribution is -0.142. The normalized spacial score (nSPS) is 11.7. The molecule has 6 aromatic carbocycles. The van der Waals surface area contributed by atoms with Gasteiger partial charge in [-0.1, -0.05) is 116 Å². The first-order valence-electron chi connectivity index (χ1n) is 34.3. The minimum atomic E-state index is -2.96. The van der Waals surface area contributed by atoms with Gasteiger partial charge < -0.3 is 45.1 Å². The van der Waals surface area contributed by atoms with Crippen LogP contribution in [-0.4, -0.2) is 91.9 Å². The van der Waals surface area contributed by atoms with E-state index in [1.807, 2.05) is 37.3 Å². The number of alkyl halides is 2. The Bertz CT molecular complexity index is 5690. The highest BCUT2D eigenvalue weighted by Crippen LogP contribution is 2.28. The quantitative estimate of drug-likeness (QED) is 0.0291. The lowest BCUT2D eigenvalue weighted by atomic mass is 10.1. The number of halogens is 5. The van der Waals surface area contributed by atoms with Crippen LogP contribution in [0.15, 0.2) is 235 Å². The molecule has 0 aliphatic carbocycles. The van der Waals surface area contributed by atoms with Crippen LogP contribution >= 0.6 is 34.8 Å². The van der Waals surface area contributed by atoms with Crippen molar-refractivity contribution in [2.45, 2.75) is 80.5 Å². The van der Waals surface area contributed by atoms with Crippen molar-refractivity contribution < 1.29 is 52.3 Å². The Kier molecular flexibility index (Phi) is 27.8. The monoisotopic (exact) mass is 1600 g/mol. The van der Waals surface area contributed by atoms with Gasteiger partial charge in [-0.05, 0) is 146 Å². The average molecular weight is 1600 g/mol. The molecule has 0 spiro atoms. The number of anilines is 6. The number of nitrogens with zero attached hydrogens (tertiary/aromatic N) is 12. The first kappa shape index (κ1) is 82.0. The third kappa shape index (κ3) is 23.3. The highest BCUT2D eigenvalue weighted by atomic mass is 35.5. The van der Waals surface area contributed by atoms with Gasteiger partial charge in [0, 0.05) is 83.3 Å². The van der Waals surface area contributed by atoms with Crippen LogP contribution in [0.5, 0.6) is 40.6 Å². The Hall–Kier alpha value is -13.5. The fourth-order valence-electron chi connectivity index (χ4n) is 10.3. The van der Waals surface area contributed by atoms with Gasteiger partial charge in [-0.2, -0.15) is 23.7 Å². The van der Waals surface area contributed by atoms with Gasteiger partial charge in [-0.25, -0.2) is 57.4 Å². The molecule has 0 saturated carbocycles. The van der Waals surface area contributed by atoms with Crippen LogP contribution in [0.2, 0.25) is 15.1 Å². The number of pyridine rings is 3. The summed E-state index contributed by atoms with van der Waals surface area (Å²) in [4.78, 5) is 137. The maximum atomic E-state index is 13.4. The number of carbonyl (C=O) groups excluding carboxylic acids is 1. The van der Waals surface area contributed by atoms with Crippen LogP contribution < -0.4 is 69.0 Å². The van der Waals surface area contributed by atoms with Crippen LogP contribution in [0, 0.1) is 24.7 Å². The largest absolute Gasteiger partial charge is 0.481 e. The second-order valence-corrected chi connectivity index (χ2v) is 26.6. The smallest absolute Gasteiger partial charge is 0.387 e. The summed E-state index contributed by atoms with van der Waals surface area (Å²) in [5.74, 6) is -2.48. The molecule has 5 N–H and O–H groups in total. The molecule has 35 heteroatoms. The number of aromatic nitrogens is 12. The molecule has 0 bridgehead atoms. The van der Waals surface area contributed by atoms with E-state index in [-0.39, 0.29) is 74.5 Å². The first-order valence-corrected chi connectivity index (χ1v) is 35.5. The van der Waals surface area contributed by atoms with E-state index in [4.69, 9.17) is 49.0 Å². The summed E-state index contributed by atoms with van der Waals surface area (Å²) >= 11 is 17.8. The first-order chi connectivity index (χ1) is 54.1. The van der Waals surface area contributed by atoms with E-state index in [0.29, 0.717) is 61.1 Å². The van der Waals surface area contributed by atoms with E-state index < -0.39 is 70.4 Å². The molecule has 6 heterocycles. The van der Waals surface area contributed by atoms with Crippen LogP contribution in [0.3, 0.4) is 0 Å². The number of carboxylic acids is 2. The number of nitrogens with one attached hydrogen (secondary N) is 3. The fraction of sp³-hybridized carbons (Fsp3) is 0.192. The van der Waals surface area contributed by atoms with Crippen LogP contribution in [0.1, 0.15) is 49.9 Å². The molecule has 582 valence electrons. The summed E-state index contributed by atoms with van der Waals surface area (Å²) < 4.78 is 52.4. The van der Waals surface area contributed by atoms with E-state index in [1.165, 1.54) is 52.8 Å². The van der Waals surface area contributed by atoms with Gasteiger partial charge >= 0.3 is 52.7 Å².